The SMILES string of the molecule is CSC(C)(C)CNC1=NCCN1C. The molecule has 0 saturated carbocycles. The Labute approximate surface area is 85.0 Å². The molecule has 0 atom stereocenters. The monoisotopic (exact) mass is 201 g/mol. The van der Waals surface area contributed by atoms with Gasteiger partial charge in [-0.15, -0.1) is 0 Å². The van der Waals surface area contributed by atoms with E-state index in [1.54, 1.807) is 0 Å². The van der Waals surface area contributed by atoms with Crippen LogP contribution >= 0.6 is 11.8 Å². The molecule has 0 fully saturated rings. The molecule has 1 rings (SSSR count). The van der Waals surface area contributed by atoms with Gasteiger partial charge < -0.3 is 10.2 Å². The number of aliphatic imine (C=N–C) groups is 1. The fourth-order valence-corrected chi connectivity index (χ4v) is 1.30. The van der Waals surface area contributed by atoms with E-state index < -0.39 is 0 Å². The number of nitrogens with zero attached hydrogens (tertiary/aromatic N) is 2. The van der Waals surface area contributed by atoms with Crippen molar-refractivity contribution in [1.82, 2.24) is 10.2 Å². The molecule has 0 bridgehead atoms. The Morgan fingerprint density at radius 1 is 1.62 bits per heavy atom. The van der Waals surface area contributed by atoms with E-state index in [1.165, 1.54) is 0 Å². The van der Waals surface area contributed by atoms with Crippen molar-refractivity contribution in [2.75, 3.05) is 32.9 Å². The zero-order chi connectivity index (χ0) is 9.90. The lowest BCUT2D eigenvalue weighted by molar-refractivity contribution is 0.526. The summed E-state index contributed by atoms with van der Waals surface area (Å²) in [5.74, 6) is 1.04. The second-order valence-corrected chi connectivity index (χ2v) is 5.46. The maximum atomic E-state index is 4.38. The summed E-state index contributed by atoms with van der Waals surface area (Å²) in [6.07, 6.45) is 2.14. The summed E-state index contributed by atoms with van der Waals surface area (Å²) in [4.78, 5) is 6.54. The first-order valence-corrected chi connectivity index (χ1v) is 5.82. The van der Waals surface area contributed by atoms with Crippen LogP contribution in [0.1, 0.15) is 13.8 Å². The number of hydrogen-bond donors (Lipinski definition) is 1. The number of guanidine groups is 1. The molecular formula is C9H19N3S. The van der Waals surface area contributed by atoms with E-state index in [0.29, 0.717) is 0 Å². The first kappa shape index (κ1) is 10.7. The minimum absolute atomic E-state index is 0.284. The molecule has 3 nitrogen and oxygen atoms in total. The van der Waals surface area contributed by atoms with Crippen LogP contribution < -0.4 is 5.32 Å². The summed E-state index contributed by atoms with van der Waals surface area (Å²) in [7, 11) is 2.07. The largest absolute Gasteiger partial charge is 0.355 e. The first-order valence-electron chi connectivity index (χ1n) is 4.60. The number of thioether (sulfide) groups is 1. The number of nitrogens with one attached hydrogen (secondary N) is 1. The smallest absolute Gasteiger partial charge is 0.193 e. The van der Waals surface area contributed by atoms with Crippen molar-refractivity contribution < 1.29 is 0 Å². The Morgan fingerprint density at radius 2 is 2.31 bits per heavy atom. The third kappa shape index (κ3) is 3.10. The van der Waals surface area contributed by atoms with Gasteiger partial charge in [0.15, 0.2) is 5.96 Å². The minimum atomic E-state index is 0.284. The van der Waals surface area contributed by atoms with Crippen LogP contribution in [0.4, 0.5) is 0 Å². The molecule has 1 heterocycles. The molecular weight excluding hydrogens is 182 g/mol. The van der Waals surface area contributed by atoms with Gasteiger partial charge in [-0.2, -0.15) is 11.8 Å². The van der Waals surface area contributed by atoms with Crippen LogP contribution in [0.2, 0.25) is 0 Å². The van der Waals surface area contributed by atoms with Gasteiger partial charge in [-0.3, -0.25) is 4.99 Å². The van der Waals surface area contributed by atoms with Crippen LogP contribution in [-0.4, -0.2) is 48.5 Å². The topological polar surface area (TPSA) is 27.6 Å². The number of rotatable bonds is 3. The molecule has 0 spiro atoms. The van der Waals surface area contributed by atoms with Crippen LogP contribution in [0.25, 0.3) is 0 Å². The molecule has 0 radical (unpaired) electrons. The van der Waals surface area contributed by atoms with Crippen LogP contribution in [-0.2, 0) is 0 Å². The molecule has 0 aromatic rings. The average molecular weight is 201 g/mol. The molecule has 0 amide bonds. The van der Waals surface area contributed by atoms with Gasteiger partial charge in [0, 0.05) is 24.9 Å². The van der Waals surface area contributed by atoms with Gasteiger partial charge in [-0.1, -0.05) is 0 Å². The third-order valence-electron chi connectivity index (χ3n) is 2.28. The maximum Gasteiger partial charge on any atom is 0.193 e. The number of hydrogen-bond acceptors (Lipinski definition) is 4. The van der Waals surface area contributed by atoms with E-state index in [9.17, 15) is 0 Å². The summed E-state index contributed by atoms with van der Waals surface area (Å²) >= 11 is 1.88. The van der Waals surface area contributed by atoms with Crippen LogP contribution in [0.5, 0.6) is 0 Å². The van der Waals surface area contributed by atoms with Gasteiger partial charge >= 0.3 is 0 Å². The third-order valence-corrected chi connectivity index (χ3v) is 3.53. The quantitative estimate of drug-likeness (QED) is 0.739. The average Bonchev–Trinajstić information content (AvgIpc) is 2.48. The van der Waals surface area contributed by atoms with Gasteiger partial charge in [0.25, 0.3) is 0 Å². The molecule has 76 valence electrons. The molecule has 0 unspecified atom stereocenters. The second-order valence-electron chi connectivity index (χ2n) is 3.94. The van der Waals surface area contributed by atoms with Gasteiger partial charge in [0.05, 0.1) is 6.54 Å². The van der Waals surface area contributed by atoms with E-state index in [-0.39, 0.29) is 4.75 Å². The normalized spacial score (nSPS) is 17.5. The van der Waals surface area contributed by atoms with Gasteiger partial charge in [-0.25, -0.2) is 0 Å². The molecule has 1 aliphatic heterocycles. The van der Waals surface area contributed by atoms with Crippen molar-refractivity contribution in [3.8, 4) is 0 Å². The summed E-state index contributed by atoms with van der Waals surface area (Å²) in [6, 6.07) is 0. The zero-order valence-corrected chi connectivity index (χ0v) is 9.74. The molecule has 1 aliphatic rings. The highest BCUT2D eigenvalue weighted by Gasteiger charge is 2.18. The molecule has 0 saturated heterocycles. The van der Waals surface area contributed by atoms with Gasteiger partial charge in [-0.05, 0) is 20.1 Å². The van der Waals surface area contributed by atoms with Gasteiger partial charge in [0.1, 0.15) is 0 Å². The fourth-order valence-electron chi connectivity index (χ4n) is 1.09. The standard InChI is InChI=1S/C9H19N3S/c1-9(2,13-4)7-11-8-10-5-6-12(8)3/h5-7H2,1-4H3,(H,10,11). The lowest BCUT2D eigenvalue weighted by Gasteiger charge is -2.24. The van der Waals surface area contributed by atoms with Crippen molar-refractivity contribution in [3.63, 3.8) is 0 Å². The van der Waals surface area contributed by atoms with Crippen molar-refractivity contribution in [1.29, 1.82) is 0 Å². The summed E-state index contributed by atoms with van der Waals surface area (Å²) in [5, 5.41) is 3.38. The van der Waals surface area contributed by atoms with E-state index in [2.05, 4.69) is 42.4 Å². The van der Waals surface area contributed by atoms with Crippen molar-refractivity contribution in [2.45, 2.75) is 18.6 Å². The Bertz CT molecular complexity index is 201. The second kappa shape index (κ2) is 4.22. The van der Waals surface area contributed by atoms with Crippen molar-refractivity contribution in [3.05, 3.63) is 0 Å². The first-order chi connectivity index (χ1) is 6.05. The highest BCUT2D eigenvalue weighted by atomic mass is 32.2. The zero-order valence-electron chi connectivity index (χ0n) is 8.92. The van der Waals surface area contributed by atoms with Crippen LogP contribution in [0, 0.1) is 0 Å². The molecule has 1 N–H and O–H groups in total. The number of likely N-dealkylation sites (N-methyl/N-ethyl adjacent to an activating group) is 1. The molecule has 13 heavy (non-hydrogen) atoms. The van der Waals surface area contributed by atoms with Crippen molar-refractivity contribution in [2.24, 2.45) is 4.99 Å². The fraction of sp³-hybridized carbons (Fsp3) is 0.889. The van der Waals surface area contributed by atoms with Crippen molar-refractivity contribution >= 4 is 17.7 Å². The van der Waals surface area contributed by atoms with Crippen LogP contribution in [0.15, 0.2) is 4.99 Å². The lowest BCUT2D eigenvalue weighted by Crippen LogP contribution is -2.41. The Balaban J connectivity index is 2.34. The summed E-state index contributed by atoms with van der Waals surface area (Å²) in [5.41, 5.74) is 0. The highest BCUT2D eigenvalue weighted by Crippen LogP contribution is 2.19. The van der Waals surface area contributed by atoms with E-state index in [0.717, 1.165) is 25.6 Å². The molecule has 4 heteroatoms. The Kier molecular flexibility index (Phi) is 3.47. The Morgan fingerprint density at radius 3 is 2.77 bits per heavy atom. The maximum absolute atomic E-state index is 4.38. The predicted molar refractivity (Wildman–Crippen MR) is 60.5 cm³/mol. The molecule has 0 aromatic heterocycles. The van der Waals surface area contributed by atoms with E-state index in [1.807, 2.05) is 11.8 Å². The molecule has 0 aliphatic carbocycles. The summed E-state index contributed by atoms with van der Waals surface area (Å²) < 4.78 is 0.284. The molecule has 0 aromatic carbocycles. The van der Waals surface area contributed by atoms with Crippen LogP contribution in [0.3, 0.4) is 0 Å². The minimum Gasteiger partial charge on any atom is -0.355 e. The lowest BCUT2D eigenvalue weighted by atomic mass is 10.2. The van der Waals surface area contributed by atoms with Gasteiger partial charge in [0.2, 0.25) is 0 Å². The highest BCUT2D eigenvalue weighted by molar-refractivity contribution is 7.99. The Hall–Kier alpha value is -0.380. The van der Waals surface area contributed by atoms with E-state index in [4.69, 9.17) is 0 Å². The predicted octanol–water partition coefficient (Wildman–Crippen LogP) is 1.02. The van der Waals surface area contributed by atoms with E-state index >= 15 is 0 Å². The summed E-state index contributed by atoms with van der Waals surface area (Å²) in [6.45, 7) is 7.41.